The number of hydrogen-bond donors (Lipinski definition) is 0. The van der Waals surface area contributed by atoms with Crippen LogP contribution in [0.15, 0.2) is 42.5 Å². The maximum atomic E-state index is 4.31. The van der Waals surface area contributed by atoms with Crippen LogP contribution in [0.3, 0.4) is 0 Å². The van der Waals surface area contributed by atoms with E-state index in [2.05, 4.69) is 64.6 Å². The largest absolute Gasteiger partial charge is 0.0999 e. The Balaban J connectivity index is 2.04. The first-order valence-electron chi connectivity index (χ1n) is 10.2. The zero-order valence-electron chi connectivity index (χ0n) is 16.7. The van der Waals surface area contributed by atoms with Gasteiger partial charge in [0.25, 0.3) is 0 Å². The molecule has 0 saturated carbocycles. The molecule has 0 radical (unpaired) electrons. The van der Waals surface area contributed by atoms with Crippen LogP contribution in [-0.2, 0) is 6.42 Å². The van der Waals surface area contributed by atoms with E-state index in [-0.39, 0.29) is 0 Å². The number of rotatable bonds is 13. The van der Waals surface area contributed by atoms with Crippen molar-refractivity contribution in [3.05, 3.63) is 48.0 Å². The summed E-state index contributed by atoms with van der Waals surface area (Å²) in [6, 6.07) is 10.9. The van der Waals surface area contributed by atoms with Gasteiger partial charge in [-0.25, -0.2) is 0 Å². The van der Waals surface area contributed by atoms with Crippen molar-refractivity contribution in [2.75, 3.05) is 0 Å². The van der Waals surface area contributed by atoms with Crippen molar-refractivity contribution >= 4 is 0 Å². The van der Waals surface area contributed by atoms with Crippen molar-refractivity contribution in [3.63, 3.8) is 0 Å². The van der Waals surface area contributed by atoms with Crippen LogP contribution in [-0.4, -0.2) is 0 Å². The Morgan fingerprint density at radius 3 is 2.21 bits per heavy atom. The van der Waals surface area contributed by atoms with Gasteiger partial charge in [0.1, 0.15) is 0 Å². The van der Waals surface area contributed by atoms with Gasteiger partial charge in [-0.15, -0.1) is 0 Å². The number of hydrogen-bond acceptors (Lipinski definition) is 0. The van der Waals surface area contributed by atoms with Crippen LogP contribution in [0.1, 0.15) is 91.0 Å². The summed E-state index contributed by atoms with van der Waals surface area (Å²) in [5.41, 5.74) is 3.46. The van der Waals surface area contributed by atoms with E-state index in [1.54, 1.807) is 0 Å². The molecule has 1 aromatic carbocycles. The summed E-state index contributed by atoms with van der Waals surface area (Å²) in [6.07, 6.45) is 13.0. The monoisotopic (exact) mass is 328 g/mol. The smallest absolute Gasteiger partial charge is 0.0279 e. The molecule has 0 saturated heterocycles. The van der Waals surface area contributed by atoms with Crippen LogP contribution < -0.4 is 0 Å². The minimum absolute atomic E-state index is 0.512. The van der Waals surface area contributed by atoms with Crippen LogP contribution in [0.5, 0.6) is 0 Å². The average Bonchev–Trinajstić information content (AvgIpc) is 2.58. The van der Waals surface area contributed by atoms with Gasteiger partial charge in [0.2, 0.25) is 0 Å². The van der Waals surface area contributed by atoms with Crippen molar-refractivity contribution in [2.24, 2.45) is 11.3 Å². The standard InChI is InChI=1S/C24H40/c1-6-24(5,21(2)3)20-14-16-22(4)15-10-7-8-11-17-23-18-12-9-13-19-23/h9,12-13,18-19,21H,4,6-8,10-11,14-17,20H2,1-3,5H3. The molecular formula is C24H40. The van der Waals surface area contributed by atoms with E-state index in [0.717, 1.165) is 5.92 Å². The van der Waals surface area contributed by atoms with Gasteiger partial charge < -0.3 is 0 Å². The quantitative estimate of drug-likeness (QED) is 0.254. The molecule has 1 aromatic rings. The second-order valence-corrected chi connectivity index (χ2v) is 8.17. The van der Waals surface area contributed by atoms with Crippen LogP contribution >= 0.6 is 0 Å². The van der Waals surface area contributed by atoms with E-state index in [1.807, 2.05) is 0 Å². The fourth-order valence-corrected chi connectivity index (χ4v) is 3.44. The topological polar surface area (TPSA) is 0 Å². The van der Waals surface area contributed by atoms with Gasteiger partial charge in [-0.3, -0.25) is 0 Å². The number of benzene rings is 1. The van der Waals surface area contributed by atoms with E-state index in [0.29, 0.717) is 5.41 Å². The third kappa shape index (κ3) is 8.18. The average molecular weight is 329 g/mol. The summed E-state index contributed by atoms with van der Waals surface area (Å²) >= 11 is 0. The Morgan fingerprint density at radius 1 is 0.958 bits per heavy atom. The highest BCUT2D eigenvalue weighted by Gasteiger charge is 2.25. The third-order valence-electron chi connectivity index (χ3n) is 6.07. The van der Waals surface area contributed by atoms with Gasteiger partial charge in [-0.2, -0.15) is 0 Å². The summed E-state index contributed by atoms with van der Waals surface area (Å²) in [5, 5.41) is 0. The Bertz CT molecular complexity index is 442. The Labute approximate surface area is 151 Å². The van der Waals surface area contributed by atoms with Gasteiger partial charge in [0, 0.05) is 0 Å². The predicted molar refractivity (Wildman–Crippen MR) is 109 cm³/mol. The maximum Gasteiger partial charge on any atom is -0.0279 e. The molecule has 0 heterocycles. The Kier molecular flexibility index (Phi) is 10.1. The molecule has 0 aliphatic heterocycles. The lowest BCUT2D eigenvalue weighted by molar-refractivity contribution is 0.185. The minimum atomic E-state index is 0.512. The maximum absolute atomic E-state index is 4.31. The van der Waals surface area contributed by atoms with E-state index < -0.39 is 0 Å². The van der Waals surface area contributed by atoms with Crippen LogP contribution in [0, 0.1) is 11.3 Å². The van der Waals surface area contributed by atoms with Crippen molar-refractivity contribution < 1.29 is 0 Å². The van der Waals surface area contributed by atoms with E-state index in [1.165, 1.54) is 75.3 Å². The van der Waals surface area contributed by atoms with Gasteiger partial charge in [0.15, 0.2) is 0 Å². The molecule has 0 bridgehead atoms. The summed E-state index contributed by atoms with van der Waals surface area (Å²) < 4.78 is 0. The van der Waals surface area contributed by atoms with E-state index >= 15 is 0 Å². The molecule has 1 rings (SSSR count). The van der Waals surface area contributed by atoms with E-state index in [4.69, 9.17) is 0 Å². The molecule has 0 aromatic heterocycles. The molecule has 1 atom stereocenters. The molecule has 0 aliphatic rings. The first kappa shape index (κ1) is 21.0. The highest BCUT2D eigenvalue weighted by Crippen LogP contribution is 2.36. The lowest BCUT2D eigenvalue weighted by Crippen LogP contribution is -2.22. The number of aryl methyl sites for hydroxylation is 1. The molecule has 1 unspecified atom stereocenters. The molecule has 0 heteroatoms. The van der Waals surface area contributed by atoms with Crippen LogP contribution in [0.4, 0.5) is 0 Å². The van der Waals surface area contributed by atoms with Gasteiger partial charge in [-0.1, -0.05) is 89.4 Å². The highest BCUT2D eigenvalue weighted by atomic mass is 14.3. The summed E-state index contributed by atoms with van der Waals surface area (Å²) in [7, 11) is 0. The fraction of sp³-hybridized carbons (Fsp3) is 0.667. The summed E-state index contributed by atoms with van der Waals surface area (Å²) in [6.45, 7) is 13.8. The van der Waals surface area contributed by atoms with Crippen LogP contribution in [0.25, 0.3) is 0 Å². The second kappa shape index (κ2) is 11.5. The molecule has 0 fully saturated rings. The third-order valence-corrected chi connectivity index (χ3v) is 6.07. The number of unbranched alkanes of at least 4 members (excludes halogenated alkanes) is 3. The zero-order valence-corrected chi connectivity index (χ0v) is 16.7. The Morgan fingerprint density at radius 2 is 1.58 bits per heavy atom. The van der Waals surface area contributed by atoms with Crippen molar-refractivity contribution in [1.29, 1.82) is 0 Å². The highest BCUT2D eigenvalue weighted by molar-refractivity contribution is 5.14. The first-order chi connectivity index (χ1) is 11.5. The molecule has 0 aliphatic carbocycles. The first-order valence-corrected chi connectivity index (χ1v) is 10.2. The lowest BCUT2D eigenvalue weighted by atomic mass is 9.73. The normalized spacial score (nSPS) is 13.9. The molecule has 24 heavy (non-hydrogen) atoms. The molecule has 0 nitrogen and oxygen atoms in total. The minimum Gasteiger partial charge on any atom is -0.0999 e. The Hall–Kier alpha value is -1.04. The van der Waals surface area contributed by atoms with Gasteiger partial charge >= 0.3 is 0 Å². The van der Waals surface area contributed by atoms with E-state index in [9.17, 15) is 0 Å². The SMILES string of the molecule is C=C(CCCCCCc1ccccc1)CCCC(C)(CC)C(C)C. The molecule has 0 amide bonds. The van der Waals surface area contributed by atoms with Gasteiger partial charge in [0.05, 0.1) is 0 Å². The van der Waals surface area contributed by atoms with Crippen molar-refractivity contribution in [2.45, 2.75) is 91.9 Å². The van der Waals surface area contributed by atoms with Crippen molar-refractivity contribution in [3.8, 4) is 0 Å². The molecule has 0 spiro atoms. The summed E-state index contributed by atoms with van der Waals surface area (Å²) in [4.78, 5) is 0. The molecule has 0 N–H and O–H groups in total. The molecule has 136 valence electrons. The second-order valence-electron chi connectivity index (χ2n) is 8.17. The van der Waals surface area contributed by atoms with Gasteiger partial charge in [-0.05, 0) is 61.8 Å². The molecular weight excluding hydrogens is 288 g/mol. The number of allylic oxidation sites excluding steroid dienone is 1. The van der Waals surface area contributed by atoms with Crippen LogP contribution in [0.2, 0.25) is 0 Å². The summed E-state index contributed by atoms with van der Waals surface area (Å²) in [5.74, 6) is 0.778. The fourth-order valence-electron chi connectivity index (χ4n) is 3.44. The lowest BCUT2D eigenvalue weighted by Gasteiger charge is -2.33. The zero-order chi connectivity index (χ0) is 17.8. The predicted octanol–water partition coefficient (Wildman–Crippen LogP) is 7.98. The van der Waals surface area contributed by atoms with Crippen molar-refractivity contribution in [1.82, 2.24) is 0 Å².